The first-order valence-corrected chi connectivity index (χ1v) is 47.0. The summed E-state index contributed by atoms with van der Waals surface area (Å²) in [5.74, 6) is 2.25. The van der Waals surface area contributed by atoms with E-state index >= 15 is 0 Å². The number of fused-ring (bicyclic) bond motifs is 10. The van der Waals surface area contributed by atoms with E-state index in [0.717, 1.165) is 102 Å². The molecular weight excluding hydrogens is 2120 g/mol. The van der Waals surface area contributed by atoms with Gasteiger partial charge in [0.2, 0.25) is 23.6 Å². The summed E-state index contributed by atoms with van der Waals surface area (Å²) in [6, 6.07) is 68.1. The average Bonchev–Trinajstić information content (AvgIpc) is 1.61. The largest absolute Gasteiger partial charge is 1.00 e. The van der Waals surface area contributed by atoms with Crippen molar-refractivity contribution < 1.29 is 239 Å². The summed E-state index contributed by atoms with van der Waals surface area (Å²) in [5.41, 5.74) is 12.8. The third-order valence-electron chi connectivity index (χ3n) is 20.9. The Balaban J connectivity index is 0.00000150. The molecule has 10 aromatic rings. The monoisotopic (exact) mass is 2200 g/mol. The van der Waals surface area contributed by atoms with Crippen molar-refractivity contribution in [1.29, 1.82) is 0 Å². The molecule has 19 nitrogen and oxygen atoms in total. The number of hydrogen-bond acceptors (Lipinski definition) is 15. The van der Waals surface area contributed by atoms with Crippen LogP contribution in [0.5, 0.6) is 28.7 Å². The Hall–Kier alpha value is -2.07. The van der Waals surface area contributed by atoms with E-state index in [4.69, 9.17) is 127 Å². The zero-order chi connectivity index (χ0) is 88.6. The first kappa shape index (κ1) is 121. The molecule has 0 unspecified atom stereocenters. The number of rotatable bonds is 10. The van der Waals surface area contributed by atoms with Crippen molar-refractivity contribution >= 4 is 207 Å². The average molecular weight is 2210 g/mol. The maximum atomic E-state index is 12.7. The van der Waals surface area contributed by atoms with Crippen LogP contribution >= 0.6 is 136 Å². The zero-order valence-electron chi connectivity index (χ0n) is 72.8. The van der Waals surface area contributed by atoms with Crippen LogP contribution in [0.2, 0.25) is 25.1 Å². The molecule has 4 amide bonds. The summed E-state index contributed by atoms with van der Waals surface area (Å²) in [6.45, 7) is 8.65. The number of carboxylic acids is 1. The number of para-hydroxylation sites is 2. The number of phenols is 1. The number of amides is 4. The van der Waals surface area contributed by atoms with Crippen LogP contribution in [0.1, 0.15) is 130 Å². The van der Waals surface area contributed by atoms with Gasteiger partial charge < -0.3 is 62.4 Å². The van der Waals surface area contributed by atoms with Crippen LogP contribution in [-0.2, 0) is 66.7 Å². The van der Waals surface area contributed by atoms with Crippen LogP contribution < -0.4 is 176 Å². The molecule has 0 bridgehead atoms. The molecule has 37 heteroatoms. The Kier molecular flexibility index (Phi) is 57.0. The summed E-state index contributed by atoms with van der Waals surface area (Å²) < 4.78 is 15.3. The third-order valence-corrected chi connectivity index (χ3v) is 24.2. The van der Waals surface area contributed by atoms with Gasteiger partial charge >= 0.3 is 169 Å². The van der Waals surface area contributed by atoms with Gasteiger partial charge in [-0.2, -0.15) is 9.59 Å². The first-order valence-electron chi connectivity index (χ1n) is 37.5. The molecule has 655 valence electrons. The quantitative estimate of drug-likeness (QED) is 0.0620. The van der Waals surface area contributed by atoms with Crippen LogP contribution in [0.25, 0.3) is 0 Å². The molecule has 6 heterocycles. The molecule has 2 N–H and O–H groups in total. The summed E-state index contributed by atoms with van der Waals surface area (Å²) in [5, 5.41) is 34.1. The van der Waals surface area contributed by atoms with Crippen molar-refractivity contribution in [3.8, 4) is 28.7 Å². The Labute approximate surface area is 951 Å². The van der Waals surface area contributed by atoms with Crippen molar-refractivity contribution in [2.24, 2.45) is 0 Å². The molecule has 4 fully saturated rings. The Morgan fingerprint density at radius 3 is 1.17 bits per heavy atom. The van der Waals surface area contributed by atoms with Gasteiger partial charge in [0, 0.05) is 180 Å². The predicted octanol–water partition coefficient (Wildman–Crippen LogP) is 6.77. The van der Waals surface area contributed by atoms with E-state index in [2.05, 4.69) is 107 Å². The molecule has 6 aliphatic rings. The number of carboxylic acid groups (broad SMARTS) is 1. The van der Waals surface area contributed by atoms with Gasteiger partial charge in [-0.3, -0.25) is 24.0 Å². The maximum Gasteiger partial charge on any atom is 1.00 e. The second-order valence-electron chi connectivity index (χ2n) is 28.7. The van der Waals surface area contributed by atoms with Gasteiger partial charge in [0.15, 0.2) is 17.4 Å². The minimum Gasteiger partial charge on any atom is -1.00 e. The molecular formula is C90H88Al2Br3Cl8CuK2LiN5NaO14. The number of benzene rings is 10. The van der Waals surface area contributed by atoms with Gasteiger partial charge in [0.25, 0.3) is 6.47 Å². The molecule has 4 saturated heterocycles. The Bertz CT molecular complexity index is 5150. The number of ether oxygens (including phenoxy) is 2. The smallest absolute Gasteiger partial charge is 1.00 e. The van der Waals surface area contributed by atoms with E-state index in [1.807, 2.05) is 180 Å². The zero-order valence-corrected chi connectivity index (χ0v) is 92.0. The number of nitrogens with one attached hydrogen (secondary N) is 1. The fourth-order valence-electron chi connectivity index (χ4n) is 15.6. The molecule has 0 spiro atoms. The van der Waals surface area contributed by atoms with Crippen molar-refractivity contribution in [2.45, 2.75) is 80.5 Å². The second kappa shape index (κ2) is 59.8. The van der Waals surface area contributed by atoms with Gasteiger partial charge in [0.05, 0.1) is 23.7 Å². The van der Waals surface area contributed by atoms with Gasteiger partial charge in [-0.15, -0.1) is 0 Å². The van der Waals surface area contributed by atoms with Crippen molar-refractivity contribution in [1.82, 2.24) is 24.9 Å². The number of halogens is 11. The topological polar surface area (TPSA) is 256 Å². The Morgan fingerprint density at radius 1 is 0.520 bits per heavy atom. The first-order chi connectivity index (χ1) is 57.7. The van der Waals surface area contributed by atoms with Crippen LogP contribution in [-0.4, -0.2) is 164 Å². The number of aryl methyl sites for hydroxylation is 2. The summed E-state index contributed by atoms with van der Waals surface area (Å²) in [6.07, 6.45) is 1.23. The van der Waals surface area contributed by atoms with Gasteiger partial charge in [-0.05, 0) is 182 Å². The number of phenolic OH excluding ortho intramolecular Hbond substituents is 1. The van der Waals surface area contributed by atoms with Gasteiger partial charge in [0.1, 0.15) is 28.7 Å². The van der Waals surface area contributed by atoms with Crippen molar-refractivity contribution in [2.75, 3.05) is 68.0 Å². The molecule has 0 saturated carbocycles. The molecule has 16 rings (SSSR count). The number of aromatic hydroxyl groups is 1. The van der Waals surface area contributed by atoms with E-state index in [-0.39, 0.29) is 272 Å². The normalized spacial score (nSPS) is 17.6. The Morgan fingerprint density at radius 2 is 0.803 bits per heavy atom. The molecule has 127 heavy (non-hydrogen) atoms. The van der Waals surface area contributed by atoms with Crippen LogP contribution in [0.15, 0.2) is 226 Å². The predicted molar refractivity (Wildman–Crippen MR) is 495 cm³/mol. The molecule has 10 aromatic carbocycles. The maximum absolute atomic E-state index is 12.7. The standard InChI is InChI=1S/C18H17BrClNO.C17H15BrClNO2.C17H19BrClN.2C17H14ClNO2.C2H4O2.CH2O3.CO2.2Al.3ClH.Cu.2K.Li.Na.5H/c1-11-7-8-12(20)9-14(11)17-15(10-21(2)18(17)22)13-5-3-4-6-16(13)19;1-20-9-13(11-4-2-3-5-14(11)18)16(17(20)22)12-8-10(19)6-7-15(12)21;1-12-7-8-15(19)10-13(12)9-14(11-20-2)16-5-3-4-6-17(16)18;2*1-19-9-13-11-4-2-3-5-14(11)21-15-7-6-10(18)8-12(15)16(13)17(19)20;1-2(3)4;2-1-4-3;2-1-3;;;;;;;;;;;;;;;/h3-9,15,17H,10H2,1-2H3;2-8,13,16,21H,9H2,1H3;3-8,10,14,20H,9,11H2,1-2H3;2*2-8,13,16H,9H2,1H3;1H3,(H,3,4);1,3H;;;;3*1H;;;;;;;;;;/q;;;;;;;;;+3;;;;;4*+1;;;;2*-1/p-5/t15-,17-;13-,16-;14-;2*13-,16-;;;;;;;;;;;;;;;;;;/m00000................../s1. The van der Waals surface area contributed by atoms with Crippen molar-refractivity contribution in [3.63, 3.8) is 0 Å². The fraction of sp³-hybridized carbons (Fsp3) is 0.256. The number of nitrogens with zero attached hydrogens (tertiary/aromatic N) is 4. The number of carbonyl (C=O) groups is 6. The van der Waals surface area contributed by atoms with E-state index < -0.39 is 23.3 Å². The second-order valence-corrected chi connectivity index (χ2v) is 39.8. The number of aliphatic carboxylic acids is 1. The summed E-state index contributed by atoms with van der Waals surface area (Å²) in [7, 11) is 24.2. The summed E-state index contributed by atoms with van der Waals surface area (Å²) in [4.78, 5) is 94.1. The number of carbonyl (C=O) groups excluding carboxylic acids is 8. The fourth-order valence-corrected chi connectivity index (χ4v) is 18.2. The van der Waals surface area contributed by atoms with Gasteiger partial charge in [-0.25, -0.2) is 30.1 Å². The van der Waals surface area contributed by atoms with E-state index in [9.17, 15) is 24.3 Å². The SMILES string of the molecule is CC(=O)[O-].CN1C[C@@H](c2ccccc2Br)[C@H](c2cc(Cl)ccc2O)C1=O.CN1C[C@H]2c3ccccc3Oc3ccc(Cl)cc3[C@@H]2C1=O.CN1C[C@H]2c3ccccc3Oc3ccc(Cl)cc3[C@@H]2C1=O.CNC[C@H](Cc1cc(Cl)ccc1C)c1ccccc1Br.Cc1ccc(Cl)cc1[C@@H]1C(=O)N(C)C[C@H]1c1ccccc1Br.O=C=O.O=CO[O-].[AlH3].[Cl][Al]([Cl])[Cl].[Cu].[H-].[H-].[K+].[K+].[Li+].[Na+]. The van der Waals surface area contributed by atoms with Crippen LogP contribution in [0, 0.1) is 13.8 Å². The number of likely N-dealkylation sites (N-methyl/N-ethyl adjacent to an activating group) is 5. The molecule has 1 radical (unpaired) electrons. The van der Waals surface area contributed by atoms with E-state index in [0.29, 0.717) is 51.2 Å². The minimum absolute atomic E-state index is 0. The van der Waals surface area contributed by atoms with Gasteiger partial charge in [-0.1, -0.05) is 209 Å². The molecule has 9 atom stereocenters. The minimum atomic E-state index is -1.72. The van der Waals surface area contributed by atoms with Crippen molar-refractivity contribution in [3.05, 3.63) is 318 Å². The van der Waals surface area contributed by atoms with Crippen LogP contribution in [0.3, 0.4) is 0 Å². The van der Waals surface area contributed by atoms with E-state index in [1.54, 1.807) is 52.1 Å². The van der Waals surface area contributed by atoms with E-state index in [1.165, 1.54) is 26.7 Å². The molecule has 0 aromatic heterocycles. The molecule has 0 aliphatic carbocycles. The number of hydrogen-bond donors (Lipinski definition) is 2. The van der Waals surface area contributed by atoms with Crippen LogP contribution in [0.4, 0.5) is 0 Å². The number of likely N-dealkylation sites (tertiary alicyclic amines) is 4. The third kappa shape index (κ3) is 33.7. The summed E-state index contributed by atoms with van der Waals surface area (Å²) >= 11 is 39.8. The molecule has 6 aliphatic heterocycles.